The highest BCUT2D eigenvalue weighted by Gasteiger charge is 2.11. The third kappa shape index (κ3) is 2.61. The highest BCUT2D eigenvalue weighted by Crippen LogP contribution is 2.18. The molecule has 0 radical (unpaired) electrons. The molecule has 1 aromatic carbocycles. The molecule has 1 aliphatic rings. The summed E-state index contributed by atoms with van der Waals surface area (Å²) >= 11 is 1.70. The molecule has 18 heavy (non-hydrogen) atoms. The van der Waals surface area contributed by atoms with Crippen LogP contribution in [0.4, 0.5) is 0 Å². The first-order chi connectivity index (χ1) is 8.93. The highest BCUT2D eigenvalue weighted by atomic mass is 32.1. The molecule has 2 heterocycles. The second-order valence-electron chi connectivity index (χ2n) is 4.51. The largest absolute Gasteiger partial charge is 0.312 e. The van der Waals surface area contributed by atoms with Gasteiger partial charge in [-0.3, -0.25) is 0 Å². The number of rotatable bonds is 4. The van der Waals surface area contributed by atoms with E-state index in [9.17, 15) is 0 Å². The summed E-state index contributed by atoms with van der Waals surface area (Å²) in [7, 11) is 0. The summed E-state index contributed by atoms with van der Waals surface area (Å²) in [6.07, 6.45) is 3.00. The molecule has 3 nitrogen and oxygen atoms in total. The molecular formula is C14H17N3S. The summed E-state index contributed by atoms with van der Waals surface area (Å²) in [4.78, 5) is 4.28. The fraction of sp³-hybridized carbons (Fsp3) is 0.357. The van der Waals surface area contributed by atoms with E-state index < -0.39 is 0 Å². The molecule has 0 amide bonds. The molecule has 0 fully saturated rings. The SMILES string of the molecule is c1cc2c(c(CNCc3nccs3)c1)CCNC2. The van der Waals surface area contributed by atoms with E-state index >= 15 is 0 Å². The highest BCUT2D eigenvalue weighted by molar-refractivity contribution is 7.09. The number of benzene rings is 1. The minimum Gasteiger partial charge on any atom is -0.312 e. The van der Waals surface area contributed by atoms with Crippen LogP contribution in [0.1, 0.15) is 21.7 Å². The van der Waals surface area contributed by atoms with Crippen molar-refractivity contribution in [3.63, 3.8) is 0 Å². The van der Waals surface area contributed by atoms with Crippen LogP contribution in [0.15, 0.2) is 29.8 Å². The Labute approximate surface area is 111 Å². The summed E-state index contributed by atoms with van der Waals surface area (Å²) in [6, 6.07) is 6.62. The fourth-order valence-electron chi connectivity index (χ4n) is 2.42. The Morgan fingerprint density at radius 1 is 1.33 bits per heavy atom. The summed E-state index contributed by atoms with van der Waals surface area (Å²) < 4.78 is 0. The molecule has 2 N–H and O–H groups in total. The van der Waals surface area contributed by atoms with Crippen LogP contribution in [0.5, 0.6) is 0 Å². The Balaban J connectivity index is 1.65. The lowest BCUT2D eigenvalue weighted by atomic mass is 9.95. The molecule has 0 unspecified atom stereocenters. The van der Waals surface area contributed by atoms with Crippen LogP contribution in [0.25, 0.3) is 0 Å². The van der Waals surface area contributed by atoms with Gasteiger partial charge in [-0.25, -0.2) is 4.98 Å². The molecule has 0 aliphatic carbocycles. The Kier molecular flexibility index (Phi) is 3.69. The van der Waals surface area contributed by atoms with Gasteiger partial charge < -0.3 is 10.6 Å². The fourth-order valence-corrected chi connectivity index (χ4v) is 3.01. The first-order valence-electron chi connectivity index (χ1n) is 6.33. The van der Waals surface area contributed by atoms with Gasteiger partial charge in [0.1, 0.15) is 5.01 Å². The Bertz CT molecular complexity index is 508. The molecule has 0 saturated heterocycles. The zero-order chi connectivity index (χ0) is 12.2. The first-order valence-corrected chi connectivity index (χ1v) is 7.21. The van der Waals surface area contributed by atoms with E-state index in [-0.39, 0.29) is 0 Å². The van der Waals surface area contributed by atoms with Crippen LogP contribution in [0.2, 0.25) is 0 Å². The second kappa shape index (κ2) is 5.61. The van der Waals surface area contributed by atoms with Gasteiger partial charge in [-0.1, -0.05) is 18.2 Å². The van der Waals surface area contributed by atoms with Crippen molar-refractivity contribution >= 4 is 11.3 Å². The standard InChI is InChI=1S/C14H17N3S/c1-2-11-8-15-5-4-13(11)12(3-1)9-16-10-14-17-6-7-18-14/h1-3,6-7,15-16H,4-5,8-10H2. The number of aromatic nitrogens is 1. The Hall–Kier alpha value is -1.23. The van der Waals surface area contributed by atoms with Crippen LogP contribution in [0, 0.1) is 0 Å². The van der Waals surface area contributed by atoms with Crippen molar-refractivity contribution in [2.45, 2.75) is 26.1 Å². The average molecular weight is 259 g/mol. The summed E-state index contributed by atoms with van der Waals surface area (Å²) in [5.41, 5.74) is 4.42. The van der Waals surface area contributed by atoms with Gasteiger partial charge in [-0.2, -0.15) is 0 Å². The molecule has 0 saturated carbocycles. The van der Waals surface area contributed by atoms with E-state index in [1.807, 2.05) is 11.6 Å². The van der Waals surface area contributed by atoms with Crippen LogP contribution >= 0.6 is 11.3 Å². The van der Waals surface area contributed by atoms with Crippen molar-refractivity contribution in [1.29, 1.82) is 0 Å². The quantitative estimate of drug-likeness (QED) is 0.882. The number of nitrogens with zero attached hydrogens (tertiary/aromatic N) is 1. The van der Waals surface area contributed by atoms with Gasteiger partial charge in [-0.05, 0) is 29.7 Å². The van der Waals surface area contributed by atoms with Gasteiger partial charge in [0.05, 0.1) is 0 Å². The van der Waals surface area contributed by atoms with E-state index in [1.165, 1.54) is 16.7 Å². The van der Waals surface area contributed by atoms with Crippen molar-refractivity contribution in [1.82, 2.24) is 15.6 Å². The van der Waals surface area contributed by atoms with Crippen molar-refractivity contribution in [2.24, 2.45) is 0 Å². The molecule has 1 aliphatic heterocycles. The number of hydrogen-bond acceptors (Lipinski definition) is 4. The minimum absolute atomic E-state index is 0.861. The first kappa shape index (κ1) is 11.8. The zero-order valence-corrected chi connectivity index (χ0v) is 11.1. The summed E-state index contributed by atoms with van der Waals surface area (Å²) in [6.45, 7) is 3.90. The third-order valence-electron chi connectivity index (χ3n) is 3.31. The number of fused-ring (bicyclic) bond motifs is 1. The summed E-state index contributed by atoms with van der Waals surface area (Å²) in [5, 5.41) is 10.1. The molecule has 2 aromatic rings. The Morgan fingerprint density at radius 2 is 2.33 bits per heavy atom. The molecule has 3 rings (SSSR count). The van der Waals surface area contributed by atoms with E-state index in [0.717, 1.165) is 37.6 Å². The van der Waals surface area contributed by atoms with Crippen molar-refractivity contribution in [3.05, 3.63) is 51.5 Å². The average Bonchev–Trinajstić information content (AvgIpc) is 2.92. The van der Waals surface area contributed by atoms with Gasteiger partial charge in [0, 0.05) is 31.2 Å². The normalized spacial score (nSPS) is 14.4. The lowest BCUT2D eigenvalue weighted by molar-refractivity contribution is 0.625. The minimum atomic E-state index is 0.861. The summed E-state index contributed by atoms with van der Waals surface area (Å²) in [5.74, 6) is 0. The topological polar surface area (TPSA) is 37.0 Å². The smallest absolute Gasteiger partial charge is 0.106 e. The van der Waals surface area contributed by atoms with Crippen LogP contribution in [0.3, 0.4) is 0 Å². The maximum atomic E-state index is 4.28. The zero-order valence-electron chi connectivity index (χ0n) is 10.3. The molecule has 4 heteroatoms. The van der Waals surface area contributed by atoms with Gasteiger partial charge in [0.25, 0.3) is 0 Å². The monoisotopic (exact) mass is 259 g/mol. The van der Waals surface area contributed by atoms with Crippen molar-refractivity contribution in [3.8, 4) is 0 Å². The molecule has 0 spiro atoms. The predicted molar refractivity (Wildman–Crippen MR) is 74.5 cm³/mol. The number of hydrogen-bond donors (Lipinski definition) is 2. The van der Waals surface area contributed by atoms with E-state index in [2.05, 4.69) is 33.8 Å². The van der Waals surface area contributed by atoms with Gasteiger partial charge in [0.2, 0.25) is 0 Å². The maximum absolute atomic E-state index is 4.28. The van der Waals surface area contributed by atoms with Gasteiger partial charge in [-0.15, -0.1) is 11.3 Å². The molecule has 1 aromatic heterocycles. The van der Waals surface area contributed by atoms with E-state index in [4.69, 9.17) is 0 Å². The van der Waals surface area contributed by atoms with Crippen LogP contribution < -0.4 is 10.6 Å². The lowest BCUT2D eigenvalue weighted by Crippen LogP contribution is -2.25. The molecular weight excluding hydrogens is 242 g/mol. The van der Waals surface area contributed by atoms with Crippen LogP contribution in [-0.2, 0) is 26.1 Å². The molecule has 0 atom stereocenters. The van der Waals surface area contributed by atoms with E-state index in [1.54, 1.807) is 11.3 Å². The van der Waals surface area contributed by atoms with Crippen molar-refractivity contribution in [2.75, 3.05) is 6.54 Å². The molecule has 0 bridgehead atoms. The second-order valence-corrected chi connectivity index (χ2v) is 5.49. The lowest BCUT2D eigenvalue weighted by Gasteiger charge is -2.20. The maximum Gasteiger partial charge on any atom is 0.106 e. The van der Waals surface area contributed by atoms with E-state index in [0.29, 0.717) is 0 Å². The molecule has 94 valence electrons. The van der Waals surface area contributed by atoms with Crippen LogP contribution in [-0.4, -0.2) is 11.5 Å². The van der Waals surface area contributed by atoms with Crippen molar-refractivity contribution < 1.29 is 0 Å². The Morgan fingerprint density at radius 3 is 3.22 bits per heavy atom. The van der Waals surface area contributed by atoms with Gasteiger partial charge in [0.15, 0.2) is 0 Å². The number of thiazole rings is 1. The third-order valence-corrected chi connectivity index (χ3v) is 4.09. The predicted octanol–water partition coefficient (Wildman–Crippen LogP) is 2.08. The number of nitrogens with one attached hydrogen (secondary N) is 2. The van der Waals surface area contributed by atoms with Gasteiger partial charge >= 0.3 is 0 Å².